The Kier molecular flexibility index (Phi) is 6.36. The van der Waals surface area contributed by atoms with E-state index < -0.39 is 0 Å². The molecule has 1 saturated heterocycles. The van der Waals surface area contributed by atoms with Gasteiger partial charge < -0.3 is 4.74 Å². The van der Waals surface area contributed by atoms with Crippen molar-refractivity contribution in [1.29, 1.82) is 0 Å². The lowest BCUT2D eigenvalue weighted by Crippen LogP contribution is -2.49. The normalized spacial score (nSPS) is 17.0. The van der Waals surface area contributed by atoms with Crippen LogP contribution in [-0.4, -0.2) is 54.9 Å². The van der Waals surface area contributed by atoms with Gasteiger partial charge in [0.15, 0.2) is 5.78 Å². The molecule has 0 radical (unpaired) electrons. The minimum atomic E-state index is -0.257. The van der Waals surface area contributed by atoms with Gasteiger partial charge in [-0.2, -0.15) is 0 Å². The number of nitrogens with zero attached hydrogens (tertiary/aromatic N) is 2. The van der Waals surface area contributed by atoms with E-state index in [1.54, 1.807) is 19.1 Å². The molecule has 0 aliphatic carbocycles. The van der Waals surface area contributed by atoms with Gasteiger partial charge in [0.25, 0.3) is 0 Å². The Hall–Kier alpha value is -2.24. The third-order valence-electron chi connectivity index (χ3n) is 4.76. The van der Waals surface area contributed by atoms with Gasteiger partial charge in [-0.05, 0) is 36.8 Å². The molecule has 5 heteroatoms. The van der Waals surface area contributed by atoms with Crippen molar-refractivity contribution in [2.75, 3.05) is 39.3 Å². The van der Waals surface area contributed by atoms with Gasteiger partial charge in [-0.1, -0.05) is 30.3 Å². The van der Waals surface area contributed by atoms with Crippen molar-refractivity contribution in [2.45, 2.75) is 13.0 Å². The van der Waals surface area contributed by atoms with Crippen LogP contribution in [0, 0.1) is 5.82 Å². The first-order valence-electron chi connectivity index (χ1n) is 9.03. The van der Waals surface area contributed by atoms with E-state index in [-0.39, 0.29) is 17.6 Å². The zero-order valence-corrected chi connectivity index (χ0v) is 15.1. The highest BCUT2D eigenvalue weighted by Crippen LogP contribution is 2.23. The molecule has 3 rings (SSSR count). The van der Waals surface area contributed by atoms with E-state index in [1.807, 2.05) is 30.3 Å². The molecule has 1 unspecified atom stereocenters. The van der Waals surface area contributed by atoms with E-state index in [2.05, 4.69) is 9.80 Å². The summed E-state index contributed by atoms with van der Waals surface area (Å²) in [6.07, 6.45) is 0. The average Bonchev–Trinajstić information content (AvgIpc) is 2.65. The van der Waals surface area contributed by atoms with Crippen molar-refractivity contribution in [1.82, 2.24) is 9.80 Å². The van der Waals surface area contributed by atoms with E-state index in [4.69, 9.17) is 4.74 Å². The summed E-state index contributed by atoms with van der Waals surface area (Å²) in [5.41, 5.74) is 1.06. The minimum absolute atomic E-state index is 0.159. The topological polar surface area (TPSA) is 32.8 Å². The molecular weight excluding hydrogens is 331 g/mol. The van der Waals surface area contributed by atoms with Gasteiger partial charge in [-0.15, -0.1) is 0 Å². The zero-order chi connectivity index (χ0) is 18.4. The number of rotatable bonds is 7. The molecule has 1 aliphatic rings. The summed E-state index contributed by atoms with van der Waals surface area (Å²) in [4.78, 5) is 16.8. The molecule has 138 valence electrons. The van der Waals surface area contributed by atoms with Crippen LogP contribution >= 0.6 is 0 Å². The van der Waals surface area contributed by atoms with Crippen LogP contribution in [-0.2, 0) is 4.79 Å². The number of halogens is 1. The standard InChI is InChI=1S/C21H25FN2O2/c1-17(25)21(18-5-3-2-4-6-18)24-13-11-23(12-14-24)15-16-26-20-9-7-19(22)8-10-20/h2-10,21H,11-16H2,1H3. The highest BCUT2D eigenvalue weighted by atomic mass is 19.1. The number of benzene rings is 2. The third kappa shape index (κ3) is 4.90. The van der Waals surface area contributed by atoms with Gasteiger partial charge in [0.05, 0.1) is 6.04 Å². The number of ketones is 1. The first-order chi connectivity index (χ1) is 12.6. The molecular formula is C21H25FN2O2. The number of ether oxygens (including phenoxy) is 1. The average molecular weight is 356 g/mol. The lowest BCUT2D eigenvalue weighted by molar-refractivity contribution is -0.123. The van der Waals surface area contributed by atoms with Crippen molar-refractivity contribution >= 4 is 5.78 Å². The lowest BCUT2D eigenvalue weighted by Gasteiger charge is -2.38. The predicted molar refractivity (Wildman–Crippen MR) is 99.8 cm³/mol. The van der Waals surface area contributed by atoms with Crippen LogP contribution in [0.5, 0.6) is 5.75 Å². The van der Waals surface area contributed by atoms with Gasteiger partial charge in [-0.3, -0.25) is 14.6 Å². The lowest BCUT2D eigenvalue weighted by atomic mass is 10.0. The van der Waals surface area contributed by atoms with E-state index in [9.17, 15) is 9.18 Å². The fourth-order valence-corrected chi connectivity index (χ4v) is 3.41. The van der Waals surface area contributed by atoms with Gasteiger partial charge in [0.2, 0.25) is 0 Å². The second-order valence-corrected chi connectivity index (χ2v) is 6.60. The van der Waals surface area contributed by atoms with Crippen LogP contribution in [0.15, 0.2) is 54.6 Å². The van der Waals surface area contributed by atoms with Crippen LogP contribution in [0.2, 0.25) is 0 Å². The van der Waals surface area contributed by atoms with E-state index >= 15 is 0 Å². The Morgan fingerprint density at radius 2 is 1.69 bits per heavy atom. The molecule has 0 aromatic heterocycles. The minimum Gasteiger partial charge on any atom is -0.492 e. The molecule has 1 atom stereocenters. The quantitative estimate of drug-likeness (QED) is 0.763. The van der Waals surface area contributed by atoms with E-state index in [1.165, 1.54) is 12.1 Å². The molecule has 0 spiro atoms. The smallest absolute Gasteiger partial charge is 0.151 e. The Bertz CT molecular complexity index is 698. The van der Waals surface area contributed by atoms with Crippen LogP contribution in [0.4, 0.5) is 4.39 Å². The highest BCUT2D eigenvalue weighted by Gasteiger charge is 2.27. The molecule has 2 aromatic carbocycles. The molecule has 1 fully saturated rings. The number of Topliss-reactive ketones (excluding diaryl/α,β-unsaturated/α-hetero) is 1. The molecule has 0 N–H and O–H groups in total. The van der Waals surface area contributed by atoms with Crippen molar-refractivity contribution in [3.05, 3.63) is 66.0 Å². The number of hydrogen-bond acceptors (Lipinski definition) is 4. The van der Waals surface area contributed by atoms with Crippen LogP contribution < -0.4 is 4.74 Å². The van der Waals surface area contributed by atoms with E-state index in [0.29, 0.717) is 12.4 Å². The summed E-state index contributed by atoms with van der Waals surface area (Å²) >= 11 is 0. The summed E-state index contributed by atoms with van der Waals surface area (Å²) < 4.78 is 18.6. The molecule has 1 heterocycles. The monoisotopic (exact) mass is 356 g/mol. The number of piperazine rings is 1. The van der Waals surface area contributed by atoms with Gasteiger partial charge in [0.1, 0.15) is 18.2 Å². The zero-order valence-electron chi connectivity index (χ0n) is 15.1. The van der Waals surface area contributed by atoms with Crippen molar-refractivity contribution < 1.29 is 13.9 Å². The van der Waals surface area contributed by atoms with Gasteiger partial charge in [0, 0.05) is 32.7 Å². The molecule has 0 amide bonds. The van der Waals surface area contributed by atoms with Gasteiger partial charge >= 0.3 is 0 Å². The number of carbonyl (C=O) groups is 1. The molecule has 1 aliphatic heterocycles. The van der Waals surface area contributed by atoms with Crippen molar-refractivity contribution in [3.63, 3.8) is 0 Å². The summed E-state index contributed by atoms with van der Waals surface area (Å²) in [6, 6.07) is 15.9. The van der Waals surface area contributed by atoms with Crippen LogP contribution in [0.1, 0.15) is 18.5 Å². The third-order valence-corrected chi connectivity index (χ3v) is 4.76. The number of hydrogen-bond donors (Lipinski definition) is 0. The summed E-state index contributed by atoms with van der Waals surface area (Å²) in [5, 5.41) is 0. The second kappa shape index (κ2) is 8.92. The summed E-state index contributed by atoms with van der Waals surface area (Å²) in [7, 11) is 0. The van der Waals surface area contributed by atoms with Crippen molar-refractivity contribution in [3.8, 4) is 5.75 Å². The van der Waals surface area contributed by atoms with Crippen LogP contribution in [0.25, 0.3) is 0 Å². The molecule has 26 heavy (non-hydrogen) atoms. The summed E-state index contributed by atoms with van der Waals surface area (Å²) in [5.74, 6) is 0.613. The number of carbonyl (C=O) groups excluding carboxylic acids is 1. The summed E-state index contributed by atoms with van der Waals surface area (Å²) in [6.45, 7) is 6.58. The molecule has 0 bridgehead atoms. The van der Waals surface area contributed by atoms with Crippen molar-refractivity contribution in [2.24, 2.45) is 0 Å². The molecule has 2 aromatic rings. The largest absolute Gasteiger partial charge is 0.492 e. The van der Waals surface area contributed by atoms with Gasteiger partial charge in [-0.25, -0.2) is 4.39 Å². The Balaban J connectivity index is 1.47. The Labute approximate surface area is 154 Å². The maximum Gasteiger partial charge on any atom is 0.151 e. The Morgan fingerprint density at radius 3 is 2.31 bits per heavy atom. The fraction of sp³-hybridized carbons (Fsp3) is 0.381. The highest BCUT2D eigenvalue weighted by molar-refractivity contribution is 5.82. The fourth-order valence-electron chi connectivity index (χ4n) is 3.41. The molecule has 4 nitrogen and oxygen atoms in total. The Morgan fingerprint density at radius 1 is 1.04 bits per heavy atom. The SMILES string of the molecule is CC(=O)C(c1ccccc1)N1CCN(CCOc2ccc(F)cc2)CC1. The van der Waals surface area contributed by atoms with E-state index in [0.717, 1.165) is 38.3 Å². The predicted octanol–water partition coefficient (Wildman–Crippen LogP) is 3.15. The van der Waals surface area contributed by atoms with Crippen LogP contribution in [0.3, 0.4) is 0 Å². The maximum absolute atomic E-state index is 12.9. The maximum atomic E-state index is 12.9. The first kappa shape index (κ1) is 18.5. The molecule has 0 saturated carbocycles. The second-order valence-electron chi connectivity index (χ2n) is 6.60. The first-order valence-corrected chi connectivity index (χ1v) is 9.03.